The van der Waals surface area contributed by atoms with E-state index < -0.39 is 0 Å². The number of benzene rings is 4. The number of hydrogen-bond acceptors (Lipinski definition) is 5. The van der Waals surface area contributed by atoms with Gasteiger partial charge >= 0.3 is 0 Å². The summed E-state index contributed by atoms with van der Waals surface area (Å²) in [5, 5.41) is 3.71. The molecule has 0 radical (unpaired) electrons. The number of hydrogen-bond donors (Lipinski definition) is 1. The Morgan fingerprint density at radius 3 is 2.08 bits per heavy atom. The first kappa shape index (κ1) is 36.3. The molecule has 4 aromatic rings. The Labute approximate surface area is 292 Å². The minimum atomic E-state index is -0.248. The van der Waals surface area contributed by atoms with Gasteiger partial charge in [0.2, 0.25) is 0 Å². The van der Waals surface area contributed by atoms with Crippen LogP contribution in [0, 0.1) is 5.82 Å². The number of carbonyl (C=O) groups excluding carboxylic acids is 1. The molecule has 0 saturated carbocycles. The number of rotatable bonds is 18. The number of Topliss-reactive ketones (excluding diaryl/α,β-unsaturated/α-hetero) is 1. The molecule has 4 aromatic carbocycles. The molecular weight excluding hydrogens is 611 g/mol. The smallest absolute Gasteiger partial charge is 0.161 e. The number of fused-ring (bicyclic) bond motifs is 1. The van der Waals surface area contributed by atoms with Crippen LogP contribution >= 0.6 is 0 Å². The standard InChI is InChI=1S/C43H53FN2O3/c1-32(2)45-31-40-39-30-42(49-4)41(48-3)29-34(39)24-28-46(40)27-12-26-43(35-13-7-5-8-14-35,36-15-9-6-10-16-36)25-11-17-38(47)23-20-33-18-21-37(44)22-19-33/h5-10,13-16,18-19,21-22,29-30,32,40,45H,11-12,17,20,23-28,31H2,1-4H3. The van der Waals surface area contributed by atoms with Crippen molar-refractivity contribution in [2.45, 2.75) is 82.7 Å². The molecule has 0 aliphatic carbocycles. The van der Waals surface area contributed by atoms with Crippen molar-refractivity contribution < 1.29 is 18.7 Å². The molecule has 5 nitrogen and oxygen atoms in total. The summed E-state index contributed by atoms with van der Waals surface area (Å²) in [4.78, 5) is 15.7. The molecule has 0 spiro atoms. The maximum absolute atomic E-state index is 13.4. The molecule has 1 unspecified atom stereocenters. The quantitative estimate of drug-likeness (QED) is 0.115. The lowest BCUT2D eigenvalue weighted by molar-refractivity contribution is -0.119. The summed E-state index contributed by atoms with van der Waals surface area (Å²) in [5.41, 5.74) is 6.04. The largest absolute Gasteiger partial charge is 0.493 e. The Morgan fingerprint density at radius 2 is 1.47 bits per heavy atom. The highest BCUT2D eigenvalue weighted by atomic mass is 19.1. The van der Waals surface area contributed by atoms with Crippen molar-refractivity contribution in [2.75, 3.05) is 33.9 Å². The molecule has 260 valence electrons. The zero-order chi connectivity index (χ0) is 34.6. The Kier molecular flexibility index (Phi) is 13.0. The minimum Gasteiger partial charge on any atom is -0.493 e. The fourth-order valence-electron chi connectivity index (χ4n) is 7.55. The van der Waals surface area contributed by atoms with Crippen LogP contribution < -0.4 is 14.8 Å². The molecule has 1 aliphatic heterocycles. The third-order valence-corrected chi connectivity index (χ3v) is 10.2. The Morgan fingerprint density at radius 1 is 0.857 bits per heavy atom. The number of ether oxygens (including phenoxy) is 2. The van der Waals surface area contributed by atoms with E-state index in [-0.39, 0.29) is 23.1 Å². The van der Waals surface area contributed by atoms with Gasteiger partial charge in [-0.1, -0.05) is 86.6 Å². The first-order valence-corrected chi connectivity index (χ1v) is 17.9. The normalized spacial score (nSPS) is 14.9. The molecule has 1 aliphatic rings. The molecule has 0 aromatic heterocycles. The van der Waals surface area contributed by atoms with Crippen molar-refractivity contribution in [1.82, 2.24) is 10.2 Å². The second kappa shape index (κ2) is 17.6. The van der Waals surface area contributed by atoms with E-state index in [0.29, 0.717) is 25.3 Å². The number of carbonyl (C=O) groups is 1. The van der Waals surface area contributed by atoms with Crippen molar-refractivity contribution >= 4 is 5.78 Å². The maximum Gasteiger partial charge on any atom is 0.161 e. The van der Waals surface area contributed by atoms with Gasteiger partial charge in [0.05, 0.1) is 14.2 Å². The average Bonchev–Trinajstić information content (AvgIpc) is 3.13. The van der Waals surface area contributed by atoms with E-state index in [4.69, 9.17) is 9.47 Å². The van der Waals surface area contributed by atoms with E-state index in [1.54, 1.807) is 26.4 Å². The lowest BCUT2D eigenvalue weighted by atomic mass is 9.68. The highest BCUT2D eigenvalue weighted by Crippen LogP contribution is 2.43. The van der Waals surface area contributed by atoms with Gasteiger partial charge in [0.1, 0.15) is 11.6 Å². The highest BCUT2D eigenvalue weighted by Gasteiger charge is 2.35. The second-order valence-electron chi connectivity index (χ2n) is 13.7. The van der Waals surface area contributed by atoms with Crippen LogP contribution in [-0.4, -0.2) is 50.6 Å². The van der Waals surface area contributed by atoms with Gasteiger partial charge < -0.3 is 14.8 Å². The van der Waals surface area contributed by atoms with Crippen LogP contribution in [-0.2, 0) is 23.1 Å². The Balaban J connectivity index is 1.34. The third kappa shape index (κ3) is 9.37. The van der Waals surface area contributed by atoms with Gasteiger partial charge in [0.15, 0.2) is 11.5 Å². The highest BCUT2D eigenvalue weighted by molar-refractivity contribution is 5.78. The van der Waals surface area contributed by atoms with E-state index in [0.717, 1.165) is 68.8 Å². The molecule has 0 bridgehead atoms. The van der Waals surface area contributed by atoms with Crippen molar-refractivity contribution in [3.8, 4) is 11.5 Å². The molecule has 1 N–H and O–H groups in total. The summed E-state index contributed by atoms with van der Waals surface area (Å²) >= 11 is 0. The van der Waals surface area contributed by atoms with Crippen LogP contribution in [0.2, 0.25) is 0 Å². The molecular formula is C43H53FN2O3. The van der Waals surface area contributed by atoms with Gasteiger partial charge in [-0.05, 0) is 97.2 Å². The number of nitrogens with one attached hydrogen (secondary N) is 1. The number of ketones is 1. The van der Waals surface area contributed by atoms with Gasteiger partial charge in [0.25, 0.3) is 0 Å². The van der Waals surface area contributed by atoms with Crippen LogP contribution in [0.4, 0.5) is 4.39 Å². The average molecular weight is 665 g/mol. The summed E-state index contributed by atoms with van der Waals surface area (Å²) in [7, 11) is 3.41. The predicted molar refractivity (Wildman–Crippen MR) is 197 cm³/mol. The number of aryl methyl sites for hydroxylation is 1. The molecule has 5 rings (SSSR count). The second-order valence-corrected chi connectivity index (χ2v) is 13.7. The van der Waals surface area contributed by atoms with Crippen LogP contribution in [0.1, 0.15) is 86.2 Å². The zero-order valence-corrected chi connectivity index (χ0v) is 29.7. The maximum atomic E-state index is 13.4. The van der Waals surface area contributed by atoms with E-state index in [2.05, 4.69) is 96.9 Å². The lowest BCUT2D eigenvalue weighted by Gasteiger charge is -2.40. The molecule has 6 heteroatoms. The summed E-state index contributed by atoms with van der Waals surface area (Å²) in [5.74, 6) is 1.58. The van der Waals surface area contributed by atoms with Gasteiger partial charge in [-0.25, -0.2) is 4.39 Å². The summed E-state index contributed by atoms with van der Waals surface area (Å²) < 4.78 is 24.7. The molecule has 0 fully saturated rings. The Hall–Kier alpha value is -4.00. The van der Waals surface area contributed by atoms with E-state index in [1.165, 1.54) is 34.4 Å². The van der Waals surface area contributed by atoms with Crippen LogP contribution in [0.3, 0.4) is 0 Å². The van der Waals surface area contributed by atoms with Gasteiger partial charge in [-0.3, -0.25) is 9.69 Å². The fourth-order valence-corrected chi connectivity index (χ4v) is 7.55. The summed E-state index contributed by atoms with van der Waals surface area (Å²) in [6, 6.07) is 33.2. The molecule has 1 heterocycles. The number of nitrogens with zero attached hydrogens (tertiary/aromatic N) is 1. The summed E-state index contributed by atoms with van der Waals surface area (Å²) in [6.07, 6.45) is 6.33. The molecule has 0 saturated heterocycles. The zero-order valence-electron chi connectivity index (χ0n) is 29.7. The van der Waals surface area contributed by atoms with Crippen molar-refractivity contribution in [3.05, 3.63) is 131 Å². The molecule has 1 atom stereocenters. The van der Waals surface area contributed by atoms with Crippen LogP contribution in [0.25, 0.3) is 0 Å². The van der Waals surface area contributed by atoms with Gasteiger partial charge in [0, 0.05) is 43.4 Å². The fraction of sp³-hybridized carbons (Fsp3) is 0.419. The third-order valence-electron chi connectivity index (χ3n) is 10.2. The van der Waals surface area contributed by atoms with E-state index in [9.17, 15) is 9.18 Å². The Bertz CT molecular complexity index is 1570. The van der Waals surface area contributed by atoms with Crippen LogP contribution in [0.5, 0.6) is 11.5 Å². The first-order chi connectivity index (χ1) is 23.8. The van der Waals surface area contributed by atoms with E-state index in [1.807, 2.05) is 0 Å². The first-order valence-electron chi connectivity index (χ1n) is 17.9. The van der Waals surface area contributed by atoms with Crippen LogP contribution in [0.15, 0.2) is 97.1 Å². The number of halogens is 1. The van der Waals surface area contributed by atoms with Crippen molar-refractivity contribution in [1.29, 1.82) is 0 Å². The monoisotopic (exact) mass is 664 g/mol. The minimum absolute atomic E-state index is 0.213. The SMILES string of the molecule is COc1cc2c(cc1OC)C(CNC(C)C)N(CCCC(CCCC(=O)CCc1ccc(F)cc1)(c1ccccc1)c1ccccc1)CC2. The number of methoxy groups -OCH3 is 2. The predicted octanol–water partition coefficient (Wildman–Crippen LogP) is 8.88. The topological polar surface area (TPSA) is 50.8 Å². The van der Waals surface area contributed by atoms with E-state index >= 15 is 0 Å². The van der Waals surface area contributed by atoms with Gasteiger partial charge in [-0.15, -0.1) is 0 Å². The summed E-state index contributed by atoms with van der Waals surface area (Å²) in [6.45, 7) is 7.21. The molecule has 49 heavy (non-hydrogen) atoms. The van der Waals surface area contributed by atoms with Gasteiger partial charge in [-0.2, -0.15) is 0 Å². The lowest BCUT2D eigenvalue weighted by Crippen LogP contribution is -2.43. The van der Waals surface area contributed by atoms with Crippen molar-refractivity contribution in [2.24, 2.45) is 0 Å². The van der Waals surface area contributed by atoms with Crippen molar-refractivity contribution in [3.63, 3.8) is 0 Å². The molecule has 0 amide bonds.